The summed E-state index contributed by atoms with van der Waals surface area (Å²) < 4.78 is 42.4. The van der Waals surface area contributed by atoms with Crippen LogP contribution in [0.3, 0.4) is 0 Å². The molecule has 0 unspecified atom stereocenters. The van der Waals surface area contributed by atoms with Gasteiger partial charge in [-0.2, -0.15) is 13.2 Å². The number of rotatable bonds is 1. The molecule has 0 aliphatic carbocycles. The van der Waals surface area contributed by atoms with Gasteiger partial charge in [0.1, 0.15) is 5.69 Å². The molecule has 0 aliphatic heterocycles. The molecule has 1 heterocycles. The number of nitrogen functional groups attached to an aromatic ring is 1. The summed E-state index contributed by atoms with van der Waals surface area (Å²) in [5, 5.41) is 3.34. The van der Waals surface area contributed by atoms with Crippen LogP contribution in [0, 0.1) is 0 Å². The molecule has 0 bridgehead atoms. The highest BCUT2D eigenvalue weighted by Gasteiger charge is 2.31. The molecule has 1 aromatic heterocycles. The Morgan fingerprint density at radius 1 is 1.24 bits per heavy atom. The molecule has 0 radical (unpaired) electrons. The molecule has 17 heavy (non-hydrogen) atoms. The van der Waals surface area contributed by atoms with Gasteiger partial charge in [-0.1, -0.05) is 16.8 Å². The molecule has 0 saturated carbocycles. The van der Waals surface area contributed by atoms with Gasteiger partial charge in [0.2, 0.25) is 0 Å². The van der Waals surface area contributed by atoms with E-state index in [9.17, 15) is 13.2 Å². The summed E-state index contributed by atoms with van der Waals surface area (Å²) in [6.07, 6.45) is -3.27. The molecule has 2 aromatic rings. The standard InChI is InChI=1S/C10H6ClF3N2O/c11-7-2-5(9-8(15)4-16-17-9)1-6(3-7)10(12,13)14/h1-4H,15H2. The third-order valence-corrected chi connectivity index (χ3v) is 2.30. The minimum atomic E-state index is -4.48. The largest absolute Gasteiger partial charge is 0.416 e. The first kappa shape index (κ1) is 11.8. The second-order valence-corrected chi connectivity index (χ2v) is 3.77. The Bertz CT molecular complexity index is 551. The monoisotopic (exact) mass is 262 g/mol. The quantitative estimate of drug-likeness (QED) is 0.854. The van der Waals surface area contributed by atoms with Crippen molar-refractivity contribution >= 4 is 17.3 Å². The summed E-state index contributed by atoms with van der Waals surface area (Å²) in [7, 11) is 0. The fourth-order valence-corrected chi connectivity index (χ4v) is 1.59. The first-order valence-corrected chi connectivity index (χ1v) is 4.84. The van der Waals surface area contributed by atoms with Gasteiger partial charge in [0.25, 0.3) is 0 Å². The number of hydrogen-bond acceptors (Lipinski definition) is 3. The molecule has 2 rings (SSSR count). The van der Waals surface area contributed by atoms with E-state index in [0.717, 1.165) is 12.1 Å². The lowest BCUT2D eigenvalue weighted by molar-refractivity contribution is -0.137. The number of aromatic nitrogens is 1. The first-order valence-electron chi connectivity index (χ1n) is 4.46. The molecular weight excluding hydrogens is 257 g/mol. The van der Waals surface area contributed by atoms with Crippen molar-refractivity contribution in [3.8, 4) is 11.3 Å². The number of benzene rings is 1. The Morgan fingerprint density at radius 2 is 1.94 bits per heavy atom. The van der Waals surface area contributed by atoms with Crippen LogP contribution in [0.15, 0.2) is 28.9 Å². The molecule has 90 valence electrons. The number of hydrogen-bond donors (Lipinski definition) is 1. The molecule has 0 fully saturated rings. The fourth-order valence-electron chi connectivity index (χ4n) is 1.35. The minimum absolute atomic E-state index is 0.0503. The van der Waals surface area contributed by atoms with Crippen LogP contribution in [0.5, 0.6) is 0 Å². The predicted octanol–water partition coefficient (Wildman–Crippen LogP) is 3.60. The average molecular weight is 263 g/mol. The van der Waals surface area contributed by atoms with E-state index in [2.05, 4.69) is 5.16 Å². The van der Waals surface area contributed by atoms with Gasteiger partial charge < -0.3 is 10.3 Å². The third-order valence-electron chi connectivity index (χ3n) is 2.09. The van der Waals surface area contributed by atoms with Crippen LogP contribution in [0.4, 0.5) is 18.9 Å². The first-order chi connectivity index (χ1) is 7.88. The normalized spacial score (nSPS) is 11.8. The van der Waals surface area contributed by atoms with Crippen molar-refractivity contribution in [1.29, 1.82) is 0 Å². The minimum Gasteiger partial charge on any atom is -0.394 e. The zero-order valence-corrected chi connectivity index (χ0v) is 9.01. The SMILES string of the molecule is Nc1cnoc1-c1cc(Cl)cc(C(F)(F)F)c1. The second-order valence-electron chi connectivity index (χ2n) is 3.34. The maximum Gasteiger partial charge on any atom is 0.416 e. The van der Waals surface area contributed by atoms with E-state index in [1.54, 1.807) is 0 Å². The lowest BCUT2D eigenvalue weighted by atomic mass is 10.1. The average Bonchev–Trinajstić information content (AvgIpc) is 2.62. The Morgan fingerprint density at radius 3 is 2.47 bits per heavy atom. The van der Waals surface area contributed by atoms with Crippen molar-refractivity contribution in [1.82, 2.24) is 5.16 Å². The zero-order valence-electron chi connectivity index (χ0n) is 8.25. The van der Waals surface area contributed by atoms with Crippen molar-refractivity contribution in [2.24, 2.45) is 0 Å². The number of anilines is 1. The molecule has 0 spiro atoms. The van der Waals surface area contributed by atoms with E-state index in [-0.39, 0.29) is 22.0 Å². The van der Waals surface area contributed by atoms with Gasteiger partial charge in [-0.05, 0) is 18.2 Å². The summed E-state index contributed by atoms with van der Waals surface area (Å²) >= 11 is 5.62. The van der Waals surface area contributed by atoms with Crippen LogP contribution in [-0.4, -0.2) is 5.16 Å². The summed E-state index contributed by atoms with van der Waals surface area (Å²) in [5.74, 6) is 0.0676. The van der Waals surface area contributed by atoms with E-state index in [4.69, 9.17) is 21.9 Å². The van der Waals surface area contributed by atoms with E-state index < -0.39 is 11.7 Å². The van der Waals surface area contributed by atoms with Crippen LogP contribution in [0.1, 0.15) is 5.56 Å². The van der Waals surface area contributed by atoms with Gasteiger partial charge >= 0.3 is 6.18 Å². The zero-order chi connectivity index (χ0) is 12.6. The molecule has 0 amide bonds. The summed E-state index contributed by atoms with van der Waals surface area (Å²) in [6.45, 7) is 0. The van der Waals surface area contributed by atoms with Crippen LogP contribution in [-0.2, 0) is 6.18 Å². The molecule has 2 N–H and O–H groups in total. The van der Waals surface area contributed by atoms with E-state index in [1.165, 1.54) is 12.3 Å². The predicted molar refractivity (Wildman–Crippen MR) is 56.4 cm³/mol. The molecule has 7 heteroatoms. The van der Waals surface area contributed by atoms with Crippen molar-refractivity contribution in [2.75, 3.05) is 5.73 Å². The van der Waals surface area contributed by atoms with Gasteiger partial charge in [0, 0.05) is 10.6 Å². The highest BCUT2D eigenvalue weighted by atomic mass is 35.5. The highest BCUT2D eigenvalue weighted by molar-refractivity contribution is 6.31. The molecule has 1 aromatic carbocycles. The summed E-state index contributed by atoms with van der Waals surface area (Å²) in [5.41, 5.74) is 4.93. The Balaban J connectivity index is 2.57. The van der Waals surface area contributed by atoms with Crippen molar-refractivity contribution < 1.29 is 17.7 Å². The molecular formula is C10H6ClF3N2O. The number of halogens is 4. The summed E-state index contributed by atoms with van der Waals surface area (Å²) in [4.78, 5) is 0. The number of alkyl halides is 3. The van der Waals surface area contributed by atoms with Crippen LogP contribution in [0.2, 0.25) is 5.02 Å². The smallest absolute Gasteiger partial charge is 0.394 e. The van der Waals surface area contributed by atoms with Crippen molar-refractivity contribution in [3.63, 3.8) is 0 Å². The van der Waals surface area contributed by atoms with Crippen LogP contribution < -0.4 is 5.73 Å². The molecule has 3 nitrogen and oxygen atoms in total. The second kappa shape index (κ2) is 3.96. The van der Waals surface area contributed by atoms with Gasteiger partial charge in [-0.25, -0.2) is 0 Å². The van der Waals surface area contributed by atoms with Gasteiger partial charge in [-0.15, -0.1) is 0 Å². The maximum atomic E-state index is 12.6. The fraction of sp³-hybridized carbons (Fsp3) is 0.100. The molecule has 0 atom stereocenters. The Labute approximate surface area is 99.0 Å². The van der Waals surface area contributed by atoms with Crippen LogP contribution in [0.25, 0.3) is 11.3 Å². The number of nitrogens with two attached hydrogens (primary N) is 1. The third kappa shape index (κ3) is 2.36. The van der Waals surface area contributed by atoms with E-state index in [0.29, 0.717) is 0 Å². The summed E-state index contributed by atoms with van der Waals surface area (Å²) in [6, 6.07) is 3.06. The van der Waals surface area contributed by atoms with Crippen LogP contribution >= 0.6 is 11.6 Å². The van der Waals surface area contributed by atoms with Gasteiger partial charge in [0.05, 0.1) is 11.8 Å². The molecule has 0 saturated heterocycles. The topological polar surface area (TPSA) is 52.0 Å². The lowest BCUT2D eigenvalue weighted by Gasteiger charge is -2.08. The maximum absolute atomic E-state index is 12.6. The van der Waals surface area contributed by atoms with E-state index >= 15 is 0 Å². The highest BCUT2D eigenvalue weighted by Crippen LogP contribution is 2.36. The van der Waals surface area contributed by atoms with Crippen molar-refractivity contribution in [3.05, 3.63) is 35.0 Å². The Kier molecular flexibility index (Phi) is 2.74. The van der Waals surface area contributed by atoms with Crippen molar-refractivity contribution in [2.45, 2.75) is 6.18 Å². The lowest BCUT2D eigenvalue weighted by Crippen LogP contribution is -2.04. The molecule has 0 aliphatic rings. The Hall–Kier alpha value is -1.69. The van der Waals surface area contributed by atoms with Gasteiger partial charge in [-0.3, -0.25) is 0 Å². The van der Waals surface area contributed by atoms with Gasteiger partial charge in [0.15, 0.2) is 5.76 Å². The van der Waals surface area contributed by atoms with E-state index in [1.807, 2.05) is 0 Å². The number of nitrogens with zero attached hydrogens (tertiary/aromatic N) is 1.